The van der Waals surface area contributed by atoms with E-state index in [0.717, 1.165) is 49.7 Å². The molecule has 7 nitrogen and oxygen atoms in total. The monoisotopic (exact) mass is 731 g/mol. The number of hydrogen-bond donors (Lipinski definition) is 2. The second kappa shape index (κ2) is 13.6. The highest BCUT2D eigenvalue weighted by molar-refractivity contribution is 8.76. The normalized spacial score (nSPS) is 43.7. The number of nitrogens with zero attached hydrogens (tertiary/aromatic N) is 1. The molecule has 5 aliphatic heterocycles. The van der Waals surface area contributed by atoms with Crippen LogP contribution in [0.25, 0.3) is 0 Å². The van der Waals surface area contributed by atoms with Crippen LogP contribution in [0.4, 0.5) is 0 Å². The predicted octanol–water partition coefficient (Wildman–Crippen LogP) is 7.60. The third-order valence-electron chi connectivity index (χ3n) is 14.4. The van der Waals surface area contributed by atoms with Crippen molar-refractivity contribution in [2.24, 2.45) is 46.8 Å². The Morgan fingerprint density at radius 2 is 1.90 bits per heavy atom. The maximum Gasteiger partial charge on any atom is 0.345 e. The molecule has 5 heterocycles. The Labute approximate surface area is 310 Å². The summed E-state index contributed by atoms with van der Waals surface area (Å²) in [6.07, 6.45) is 13.4. The lowest BCUT2D eigenvalue weighted by molar-refractivity contribution is -0.133. The van der Waals surface area contributed by atoms with E-state index in [9.17, 15) is 15.0 Å². The number of cyclic esters (lactones) is 1. The average Bonchev–Trinajstić information content (AvgIpc) is 3.84. The van der Waals surface area contributed by atoms with E-state index in [1.807, 2.05) is 10.8 Å². The van der Waals surface area contributed by atoms with E-state index in [4.69, 9.17) is 14.2 Å². The molecule has 8 aliphatic rings. The van der Waals surface area contributed by atoms with E-state index in [1.54, 1.807) is 0 Å². The number of aliphatic hydroxyl groups is 2. The lowest BCUT2D eigenvalue weighted by Gasteiger charge is -2.54. The van der Waals surface area contributed by atoms with Crippen molar-refractivity contribution in [1.82, 2.24) is 4.90 Å². The van der Waals surface area contributed by atoms with Gasteiger partial charge in [-0.05, 0) is 98.0 Å². The van der Waals surface area contributed by atoms with Crippen LogP contribution in [0.5, 0.6) is 0 Å². The van der Waals surface area contributed by atoms with E-state index in [-0.39, 0.29) is 46.6 Å². The van der Waals surface area contributed by atoms with Gasteiger partial charge in [0.2, 0.25) is 5.76 Å². The van der Waals surface area contributed by atoms with Crippen molar-refractivity contribution in [3.63, 3.8) is 0 Å². The summed E-state index contributed by atoms with van der Waals surface area (Å²) in [5.41, 5.74) is 3.34. The van der Waals surface area contributed by atoms with Crippen LogP contribution in [-0.2, 0) is 19.0 Å². The van der Waals surface area contributed by atoms with Gasteiger partial charge in [0.1, 0.15) is 11.3 Å². The zero-order valence-electron chi connectivity index (χ0n) is 30.2. The molecule has 12 unspecified atom stereocenters. The van der Waals surface area contributed by atoms with Gasteiger partial charge in [0.05, 0.1) is 19.8 Å². The van der Waals surface area contributed by atoms with Crippen molar-refractivity contribution >= 4 is 27.6 Å². The van der Waals surface area contributed by atoms with Gasteiger partial charge >= 0.3 is 5.97 Å². The summed E-state index contributed by atoms with van der Waals surface area (Å²) in [6, 6.07) is 11.6. The highest BCUT2D eigenvalue weighted by atomic mass is 33.1. The van der Waals surface area contributed by atoms with Crippen LogP contribution in [0.2, 0.25) is 0 Å². The summed E-state index contributed by atoms with van der Waals surface area (Å²) in [5.74, 6) is 6.59. The number of aliphatic hydroxyl groups excluding tert-OH is 2. The maximum absolute atomic E-state index is 13.1. The van der Waals surface area contributed by atoms with E-state index >= 15 is 0 Å². The molecule has 0 radical (unpaired) electrons. The van der Waals surface area contributed by atoms with Crippen LogP contribution >= 0.6 is 21.6 Å². The second-order valence-electron chi connectivity index (χ2n) is 17.0. The Morgan fingerprint density at radius 3 is 2.71 bits per heavy atom. The first-order valence-electron chi connectivity index (χ1n) is 19.5. The summed E-state index contributed by atoms with van der Waals surface area (Å²) >= 11 is 0. The number of fused-ring (bicyclic) bond motifs is 6. The minimum Gasteiger partial charge on any atom is -0.492 e. The SMILES string of the molecule is COC1=C(CO)C(=O)OC1=C1OC2=CCCN3C(CC4C5CC6(CCC(CSSCC7=CCC(C)CC7C(O)C53)C6)C4c3ccccc3)C2C1C. The molecule has 1 spiro atoms. The van der Waals surface area contributed by atoms with Gasteiger partial charge in [-0.15, -0.1) is 0 Å². The van der Waals surface area contributed by atoms with E-state index < -0.39 is 18.7 Å². The minimum absolute atomic E-state index is 0.0519. The molecular formula is C42H53NO6S2. The quantitative estimate of drug-likeness (QED) is 0.186. The fourth-order valence-corrected chi connectivity index (χ4v) is 15.1. The zero-order valence-corrected chi connectivity index (χ0v) is 31.8. The molecule has 5 fully saturated rings. The summed E-state index contributed by atoms with van der Waals surface area (Å²) < 4.78 is 18.2. The number of piperidine rings is 1. The molecular weight excluding hydrogens is 679 g/mol. The first-order valence-corrected chi connectivity index (χ1v) is 22.0. The molecule has 3 aliphatic carbocycles. The van der Waals surface area contributed by atoms with Crippen LogP contribution < -0.4 is 0 Å². The number of carbonyl (C=O) groups is 1. The Hall–Kier alpha value is -2.17. The number of rotatable bonds is 3. The third-order valence-corrected chi connectivity index (χ3v) is 16.9. The van der Waals surface area contributed by atoms with Gasteiger partial charge < -0.3 is 24.4 Å². The van der Waals surface area contributed by atoms with Crippen molar-refractivity contribution < 1.29 is 29.2 Å². The Morgan fingerprint density at radius 1 is 1.06 bits per heavy atom. The molecule has 3 saturated heterocycles. The molecule has 1 aromatic rings. The largest absolute Gasteiger partial charge is 0.492 e. The van der Waals surface area contributed by atoms with Gasteiger partial charge in [-0.25, -0.2) is 4.79 Å². The van der Waals surface area contributed by atoms with Crippen molar-refractivity contribution in [2.45, 2.75) is 89.3 Å². The van der Waals surface area contributed by atoms with Crippen LogP contribution in [0, 0.1) is 46.8 Å². The number of hydrogen-bond acceptors (Lipinski definition) is 9. The molecule has 2 N–H and O–H groups in total. The second-order valence-corrected chi connectivity index (χ2v) is 19.5. The van der Waals surface area contributed by atoms with Gasteiger partial charge in [0, 0.05) is 47.9 Å². The van der Waals surface area contributed by atoms with Crippen LogP contribution in [0.3, 0.4) is 0 Å². The molecule has 51 heavy (non-hydrogen) atoms. The molecule has 1 aromatic carbocycles. The van der Waals surface area contributed by atoms with Crippen molar-refractivity contribution in [3.8, 4) is 0 Å². The zero-order chi connectivity index (χ0) is 35.0. The molecule has 0 aromatic heterocycles. The van der Waals surface area contributed by atoms with Crippen molar-refractivity contribution in [3.05, 3.63) is 82.2 Å². The fourth-order valence-electron chi connectivity index (χ4n) is 12.4. The van der Waals surface area contributed by atoms with Crippen LogP contribution in [0.1, 0.15) is 76.7 Å². The number of esters is 1. The topological polar surface area (TPSA) is 88.5 Å². The van der Waals surface area contributed by atoms with E-state index in [2.05, 4.69) is 72.0 Å². The van der Waals surface area contributed by atoms with E-state index in [1.165, 1.54) is 49.7 Å². The number of benzene rings is 1. The third kappa shape index (κ3) is 5.61. The summed E-state index contributed by atoms with van der Waals surface area (Å²) in [6.45, 7) is 5.01. The Balaban J connectivity index is 1.18. The molecule has 2 saturated carbocycles. The minimum atomic E-state index is -0.578. The number of allylic oxidation sites excluding steroid dienone is 2. The number of ether oxygens (including phenoxy) is 3. The smallest absolute Gasteiger partial charge is 0.345 e. The average molecular weight is 732 g/mol. The van der Waals surface area contributed by atoms with Crippen LogP contribution in [0.15, 0.2) is 76.7 Å². The van der Waals surface area contributed by atoms with E-state index in [0.29, 0.717) is 35.2 Å². The van der Waals surface area contributed by atoms with Gasteiger partial charge in [-0.2, -0.15) is 0 Å². The predicted molar refractivity (Wildman–Crippen MR) is 201 cm³/mol. The molecule has 12 atom stereocenters. The summed E-state index contributed by atoms with van der Waals surface area (Å²) in [7, 11) is 5.61. The maximum atomic E-state index is 13.1. The van der Waals surface area contributed by atoms with Crippen molar-refractivity contribution in [2.75, 3.05) is 31.8 Å². The highest BCUT2D eigenvalue weighted by Crippen LogP contribution is 2.69. The first-order chi connectivity index (χ1) is 24.8. The Bertz CT molecular complexity index is 1670. The van der Waals surface area contributed by atoms with Gasteiger partial charge in [0.25, 0.3) is 0 Å². The molecule has 0 amide bonds. The fraction of sp³-hybridized carbons (Fsp3) is 0.643. The number of carbonyl (C=O) groups excluding carboxylic acids is 1. The molecule has 3 bridgehead atoms. The molecule has 274 valence electrons. The first kappa shape index (κ1) is 34.6. The molecule has 9 heteroatoms. The van der Waals surface area contributed by atoms with Gasteiger partial charge in [-0.3, -0.25) is 4.90 Å². The lowest BCUT2D eigenvalue weighted by Crippen LogP contribution is -2.62. The van der Waals surface area contributed by atoms with Crippen molar-refractivity contribution in [1.29, 1.82) is 0 Å². The summed E-state index contributed by atoms with van der Waals surface area (Å²) in [5, 5.41) is 23.1. The summed E-state index contributed by atoms with van der Waals surface area (Å²) in [4.78, 5) is 15.5. The van der Waals surface area contributed by atoms with Gasteiger partial charge in [0.15, 0.2) is 11.5 Å². The lowest BCUT2D eigenvalue weighted by atomic mass is 9.65. The molecule has 9 rings (SSSR count). The Kier molecular flexibility index (Phi) is 9.22. The number of methoxy groups -OCH3 is 1. The standard InChI is InChI=1S/C42H53NO6S2/c1-23-11-12-27-22-51-50-21-25-13-14-42(18-25)19-30-29(35(42)26-8-5-4-6-9-26)17-32-34-24(2)38(40-39(47-3)31(20-44)41(46)49-40)48-33(34)10-7-15-43(32)36(30)37(45)28(27)16-23/h4-6,8-10,12,23-25,28-30,32,34-37,44-45H,7,11,13-22H2,1-3H3. The van der Waals surface area contributed by atoms with Crippen LogP contribution in [-0.4, -0.2) is 71.0 Å². The highest BCUT2D eigenvalue weighted by Gasteiger charge is 2.64. The van der Waals surface area contributed by atoms with Gasteiger partial charge in [-0.1, -0.05) is 77.4 Å².